The molecule has 0 unspecified atom stereocenters. The highest BCUT2D eigenvalue weighted by molar-refractivity contribution is 7.80. The predicted octanol–water partition coefficient (Wildman–Crippen LogP) is 6.72. The van der Waals surface area contributed by atoms with Crippen LogP contribution >= 0.6 is 12.2 Å². The molecule has 28 heavy (non-hydrogen) atoms. The van der Waals surface area contributed by atoms with Crippen LogP contribution in [0.2, 0.25) is 0 Å². The van der Waals surface area contributed by atoms with E-state index in [9.17, 15) is 0 Å². The summed E-state index contributed by atoms with van der Waals surface area (Å²) >= 11 is 6.08. The molecule has 3 aromatic rings. The summed E-state index contributed by atoms with van der Waals surface area (Å²) in [6, 6.07) is 29.4. The van der Waals surface area contributed by atoms with Crippen molar-refractivity contribution in [3.63, 3.8) is 0 Å². The van der Waals surface area contributed by atoms with Gasteiger partial charge in [0.25, 0.3) is 0 Å². The van der Waals surface area contributed by atoms with Gasteiger partial charge in [0.1, 0.15) is 0 Å². The van der Waals surface area contributed by atoms with Crippen LogP contribution in [0.15, 0.2) is 84.9 Å². The van der Waals surface area contributed by atoms with Crippen molar-refractivity contribution in [2.75, 3.05) is 11.4 Å². The van der Waals surface area contributed by atoms with Gasteiger partial charge < -0.3 is 4.90 Å². The number of hydrogen-bond acceptors (Lipinski definition) is 1. The van der Waals surface area contributed by atoms with Crippen LogP contribution in [0.25, 0.3) is 0 Å². The maximum atomic E-state index is 6.08. The van der Waals surface area contributed by atoms with Crippen LogP contribution in [-0.2, 0) is 6.54 Å². The van der Waals surface area contributed by atoms with Crippen molar-refractivity contribution in [3.8, 4) is 0 Å². The summed E-state index contributed by atoms with van der Waals surface area (Å²) in [5, 5.41) is 0.845. The van der Waals surface area contributed by atoms with E-state index in [1.54, 1.807) is 0 Å². The Bertz CT molecular complexity index is 877. The molecule has 0 saturated carbocycles. The molecule has 3 heteroatoms. The normalized spacial score (nSPS) is 10.5. The molecule has 0 saturated heterocycles. The van der Waals surface area contributed by atoms with E-state index in [1.165, 1.54) is 11.1 Å². The summed E-state index contributed by atoms with van der Waals surface area (Å²) < 4.78 is 0. The van der Waals surface area contributed by atoms with Crippen LogP contribution in [0.5, 0.6) is 0 Å². The van der Waals surface area contributed by atoms with Gasteiger partial charge in [-0.15, -0.1) is 0 Å². The highest BCUT2D eigenvalue weighted by atomic mass is 32.1. The molecule has 0 aromatic heterocycles. The zero-order chi connectivity index (χ0) is 19.8. The van der Waals surface area contributed by atoms with Gasteiger partial charge >= 0.3 is 0 Å². The Balaban J connectivity index is 1.98. The number of thiocarbonyl (C=S) groups is 1. The third-order valence-corrected chi connectivity index (χ3v) is 5.27. The number of para-hydroxylation sites is 2. The topological polar surface area (TPSA) is 6.48 Å². The van der Waals surface area contributed by atoms with Crippen LogP contribution in [0, 0.1) is 6.92 Å². The molecule has 2 nitrogen and oxygen atoms in total. The second-order valence-electron chi connectivity index (χ2n) is 7.00. The van der Waals surface area contributed by atoms with Gasteiger partial charge in [0, 0.05) is 18.8 Å². The second-order valence-corrected chi connectivity index (χ2v) is 7.37. The molecule has 0 aliphatic carbocycles. The molecule has 0 amide bonds. The number of hydrogen-bond donors (Lipinski definition) is 0. The Morgan fingerprint density at radius 2 is 1.43 bits per heavy atom. The van der Waals surface area contributed by atoms with E-state index in [-0.39, 0.29) is 0 Å². The highest BCUT2D eigenvalue weighted by Crippen LogP contribution is 2.30. The zero-order valence-corrected chi connectivity index (χ0v) is 17.5. The Hall–Kier alpha value is -2.65. The summed E-state index contributed by atoms with van der Waals surface area (Å²) in [6.45, 7) is 6.12. The third-order valence-electron chi connectivity index (χ3n) is 4.83. The minimum atomic E-state index is 0.814. The van der Waals surface area contributed by atoms with E-state index in [0.717, 1.165) is 42.4 Å². The Morgan fingerprint density at radius 3 is 2.07 bits per heavy atom. The van der Waals surface area contributed by atoms with E-state index in [4.69, 9.17) is 12.2 Å². The predicted molar refractivity (Wildman–Crippen MR) is 124 cm³/mol. The van der Waals surface area contributed by atoms with Gasteiger partial charge in [-0.25, -0.2) is 0 Å². The number of benzene rings is 3. The molecule has 3 aromatic carbocycles. The van der Waals surface area contributed by atoms with Gasteiger partial charge in [-0.3, -0.25) is 4.90 Å². The van der Waals surface area contributed by atoms with Gasteiger partial charge in [-0.1, -0.05) is 80.1 Å². The molecule has 0 fully saturated rings. The molecule has 0 N–H and O–H groups in total. The van der Waals surface area contributed by atoms with Crippen molar-refractivity contribution in [1.82, 2.24) is 4.90 Å². The van der Waals surface area contributed by atoms with E-state index in [0.29, 0.717) is 0 Å². The number of nitrogens with zero attached hydrogens (tertiary/aromatic N) is 2. The first-order valence-electron chi connectivity index (χ1n) is 9.94. The SMILES string of the molecule is CCCCN(Cc1ccccc1)C(=S)N(c1ccccc1)c1ccccc1C. The highest BCUT2D eigenvalue weighted by Gasteiger charge is 2.21. The Labute approximate surface area is 174 Å². The van der Waals surface area contributed by atoms with Crippen LogP contribution in [0.1, 0.15) is 30.9 Å². The maximum absolute atomic E-state index is 6.08. The van der Waals surface area contributed by atoms with Crippen molar-refractivity contribution in [2.24, 2.45) is 0 Å². The number of unbranched alkanes of at least 4 members (excludes halogenated alkanes) is 1. The van der Waals surface area contributed by atoms with Crippen molar-refractivity contribution in [2.45, 2.75) is 33.2 Å². The van der Waals surface area contributed by atoms with E-state index < -0.39 is 0 Å². The van der Waals surface area contributed by atoms with Gasteiger partial charge in [0.15, 0.2) is 5.11 Å². The first-order chi connectivity index (χ1) is 13.7. The molecule has 0 aliphatic rings. The fourth-order valence-corrected chi connectivity index (χ4v) is 3.64. The minimum Gasteiger partial charge on any atom is -0.344 e. The number of anilines is 2. The van der Waals surface area contributed by atoms with Crippen molar-refractivity contribution < 1.29 is 0 Å². The average Bonchev–Trinajstić information content (AvgIpc) is 2.74. The van der Waals surface area contributed by atoms with Crippen LogP contribution < -0.4 is 4.90 Å². The lowest BCUT2D eigenvalue weighted by molar-refractivity contribution is 0.404. The summed E-state index contributed by atoms with van der Waals surface area (Å²) in [7, 11) is 0. The molecule has 0 radical (unpaired) electrons. The lowest BCUT2D eigenvalue weighted by atomic mass is 10.1. The standard InChI is InChI=1S/C25H28N2S/c1-3-4-19-26(20-22-14-7-5-8-15-22)25(28)27(23-16-9-6-10-17-23)24-18-12-11-13-21(24)2/h5-18H,3-4,19-20H2,1-2H3. The molecule has 0 atom stereocenters. The smallest absolute Gasteiger partial charge is 0.181 e. The number of rotatable bonds is 7. The summed E-state index contributed by atoms with van der Waals surface area (Å²) in [5.41, 5.74) is 4.72. The van der Waals surface area contributed by atoms with Crippen LogP contribution in [-0.4, -0.2) is 16.6 Å². The quantitative estimate of drug-likeness (QED) is 0.415. The minimum absolute atomic E-state index is 0.814. The maximum Gasteiger partial charge on any atom is 0.181 e. The molecule has 0 bridgehead atoms. The van der Waals surface area contributed by atoms with Gasteiger partial charge in [0.2, 0.25) is 0 Å². The van der Waals surface area contributed by atoms with Gasteiger partial charge in [-0.05, 0) is 54.9 Å². The molecule has 144 valence electrons. The molecule has 3 rings (SSSR count). The first-order valence-corrected chi connectivity index (χ1v) is 10.3. The van der Waals surface area contributed by atoms with Gasteiger partial charge in [0.05, 0.1) is 5.69 Å². The van der Waals surface area contributed by atoms with Crippen molar-refractivity contribution >= 4 is 28.7 Å². The average molecular weight is 389 g/mol. The molecule has 0 aliphatic heterocycles. The summed E-state index contributed by atoms with van der Waals surface area (Å²) in [5.74, 6) is 0. The fourth-order valence-electron chi connectivity index (χ4n) is 3.28. The molecule has 0 spiro atoms. The van der Waals surface area contributed by atoms with E-state index in [2.05, 4.69) is 103 Å². The second kappa shape index (κ2) is 10.0. The van der Waals surface area contributed by atoms with Crippen LogP contribution in [0.3, 0.4) is 0 Å². The molecular weight excluding hydrogens is 360 g/mol. The summed E-state index contributed by atoms with van der Waals surface area (Å²) in [4.78, 5) is 4.54. The first kappa shape index (κ1) is 20.1. The van der Waals surface area contributed by atoms with Crippen molar-refractivity contribution in [1.29, 1.82) is 0 Å². The van der Waals surface area contributed by atoms with Crippen LogP contribution in [0.4, 0.5) is 11.4 Å². The number of aryl methyl sites for hydroxylation is 1. The molecule has 0 heterocycles. The van der Waals surface area contributed by atoms with E-state index >= 15 is 0 Å². The van der Waals surface area contributed by atoms with Gasteiger partial charge in [-0.2, -0.15) is 0 Å². The largest absolute Gasteiger partial charge is 0.344 e. The van der Waals surface area contributed by atoms with Crippen molar-refractivity contribution in [3.05, 3.63) is 96.1 Å². The fraction of sp³-hybridized carbons (Fsp3) is 0.240. The Kier molecular flexibility index (Phi) is 7.21. The molecular formula is C25H28N2S. The Morgan fingerprint density at radius 1 is 0.821 bits per heavy atom. The lowest BCUT2D eigenvalue weighted by Gasteiger charge is -2.35. The zero-order valence-electron chi connectivity index (χ0n) is 16.7. The van der Waals surface area contributed by atoms with E-state index in [1.807, 2.05) is 6.07 Å². The lowest BCUT2D eigenvalue weighted by Crippen LogP contribution is -2.41. The third kappa shape index (κ3) is 4.99. The summed E-state index contributed by atoms with van der Waals surface area (Å²) in [6.07, 6.45) is 2.26. The monoisotopic (exact) mass is 388 g/mol.